The molecule has 0 aromatic heterocycles. The fourth-order valence-electron chi connectivity index (χ4n) is 2.73. The Hall–Kier alpha value is -3.93. The van der Waals surface area contributed by atoms with Crippen LogP contribution in [-0.2, 0) is 4.79 Å². The third-order valence-corrected chi connectivity index (χ3v) is 4.09. The van der Waals surface area contributed by atoms with E-state index in [2.05, 4.69) is 5.32 Å². The molecular formula is C22H18N2O4. The fraction of sp³-hybridized carbons (Fsp3) is 0.0455. The third-order valence-electron chi connectivity index (χ3n) is 4.09. The molecule has 0 saturated heterocycles. The highest BCUT2D eigenvalue weighted by Gasteiger charge is 2.29. The van der Waals surface area contributed by atoms with Gasteiger partial charge in [-0.05, 0) is 29.8 Å². The monoisotopic (exact) mass is 374 g/mol. The number of carboxylic acids is 1. The van der Waals surface area contributed by atoms with Gasteiger partial charge < -0.3 is 10.4 Å². The van der Waals surface area contributed by atoms with Crippen molar-refractivity contribution in [2.45, 2.75) is 6.04 Å². The molecule has 1 unspecified atom stereocenters. The van der Waals surface area contributed by atoms with Gasteiger partial charge in [0, 0.05) is 5.56 Å². The van der Waals surface area contributed by atoms with Gasteiger partial charge in [0.25, 0.3) is 5.91 Å². The summed E-state index contributed by atoms with van der Waals surface area (Å²) in [6, 6.07) is 22.9. The summed E-state index contributed by atoms with van der Waals surface area (Å²) in [6.07, 6.45) is 0. The standard InChI is InChI=1S/C22H18N2O4/c25-20(17-12-6-2-7-13-17)24(18-14-8-3-9-15-18)22(28)23-19(21(26)27)16-10-4-1-5-11-16/h1-15,19H,(H,23,28)(H,26,27). The van der Waals surface area contributed by atoms with Crippen LogP contribution in [0.5, 0.6) is 0 Å². The molecule has 1 atom stereocenters. The van der Waals surface area contributed by atoms with Crippen molar-refractivity contribution in [1.29, 1.82) is 0 Å². The molecular weight excluding hydrogens is 356 g/mol. The predicted octanol–water partition coefficient (Wildman–Crippen LogP) is 3.87. The molecule has 3 rings (SSSR count). The quantitative estimate of drug-likeness (QED) is 0.710. The highest BCUT2D eigenvalue weighted by molar-refractivity contribution is 6.20. The fourth-order valence-corrected chi connectivity index (χ4v) is 2.73. The molecule has 0 aliphatic rings. The Morgan fingerprint density at radius 1 is 0.750 bits per heavy atom. The van der Waals surface area contributed by atoms with Gasteiger partial charge in [-0.3, -0.25) is 4.79 Å². The number of hydrogen-bond acceptors (Lipinski definition) is 3. The number of urea groups is 1. The van der Waals surface area contributed by atoms with Crippen LogP contribution in [0, 0.1) is 0 Å². The predicted molar refractivity (Wildman–Crippen MR) is 105 cm³/mol. The van der Waals surface area contributed by atoms with E-state index in [1.54, 1.807) is 91.0 Å². The van der Waals surface area contributed by atoms with E-state index < -0.39 is 23.9 Å². The number of anilines is 1. The Morgan fingerprint density at radius 3 is 1.79 bits per heavy atom. The molecule has 0 spiro atoms. The first-order valence-electron chi connectivity index (χ1n) is 8.60. The summed E-state index contributed by atoms with van der Waals surface area (Å²) in [6.45, 7) is 0. The summed E-state index contributed by atoms with van der Waals surface area (Å²) in [5, 5.41) is 12.0. The molecule has 140 valence electrons. The number of carbonyl (C=O) groups excluding carboxylic acids is 2. The molecule has 0 aliphatic carbocycles. The summed E-state index contributed by atoms with van der Waals surface area (Å²) in [5.74, 6) is -1.78. The van der Waals surface area contributed by atoms with Crippen LogP contribution in [0.25, 0.3) is 0 Å². The van der Waals surface area contributed by atoms with Crippen molar-refractivity contribution in [3.05, 3.63) is 102 Å². The van der Waals surface area contributed by atoms with E-state index in [-0.39, 0.29) is 0 Å². The van der Waals surface area contributed by atoms with Crippen LogP contribution in [0.3, 0.4) is 0 Å². The highest BCUT2D eigenvalue weighted by Crippen LogP contribution is 2.19. The molecule has 0 bridgehead atoms. The lowest BCUT2D eigenvalue weighted by Gasteiger charge is -2.24. The first-order valence-corrected chi connectivity index (χ1v) is 8.60. The van der Waals surface area contributed by atoms with Gasteiger partial charge in [0.2, 0.25) is 0 Å². The van der Waals surface area contributed by atoms with Crippen molar-refractivity contribution in [3.63, 3.8) is 0 Å². The van der Waals surface area contributed by atoms with Gasteiger partial charge in [0.15, 0.2) is 6.04 Å². The lowest BCUT2D eigenvalue weighted by atomic mass is 10.1. The number of amides is 3. The molecule has 6 nitrogen and oxygen atoms in total. The summed E-state index contributed by atoms with van der Waals surface area (Å²) in [7, 11) is 0. The number of aliphatic carboxylic acids is 1. The average Bonchev–Trinajstić information content (AvgIpc) is 2.74. The van der Waals surface area contributed by atoms with E-state index in [1.165, 1.54) is 0 Å². The number of hydrogen-bond donors (Lipinski definition) is 2. The molecule has 6 heteroatoms. The van der Waals surface area contributed by atoms with Crippen LogP contribution in [0.2, 0.25) is 0 Å². The van der Waals surface area contributed by atoms with E-state index in [0.717, 1.165) is 4.90 Å². The van der Waals surface area contributed by atoms with Gasteiger partial charge >= 0.3 is 12.0 Å². The number of nitrogens with zero attached hydrogens (tertiary/aromatic N) is 1. The Bertz CT molecular complexity index is 960. The minimum atomic E-state index is -1.29. The Labute approximate surface area is 162 Å². The number of imide groups is 1. The average molecular weight is 374 g/mol. The van der Waals surface area contributed by atoms with Crippen LogP contribution in [0.1, 0.15) is 22.0 Å². The van der Waals surface area contributed by atoms with Crippen molar-refractivity contribution in [2.24, 2.45) is 0 Å². The SMILES string of the molecule is O=C(O)C(NC(=O)N(C(=O)c1ccccc1)c1ccccc1)c1ccccc1. The second-order valence-corrected chi connectivity index (χ2v) is 5.97. The maximum absolute atomic E-state index is 13.0. The van der Waals surface area contributed by atoms with E-state index in [9.17, 15) is 19.5 Å². The van der Waals surface area contributed by atoms with Crippen molar-refractivity contribution < 1.29 is 19.5 Å². The maximum atomic E-state index is 13.0. The van der Waals surface area contributed by atoms with Gasteiger partial charge in [-0.15, -0.1) is 0 Å². The van der Waals surface area contributed by atoms with Crippen LogP contribution >= 0.6 is 0 Å². The second kappa shape index (κ2) is 8.64. The topological polar surface area (TPSA) is 86.7 Å². The Balaban J connectivity index is 1.94. The minimum absolute atomic E-state index is 0.313. The first-order chi connectivity index (χ1) is 13.6. The lowest BCUT2D eigenvalue weighted by Crippen LogP contribution is -2.47. The summed E-state index contributed by atoms with van der Waals surface area (Å²) in [4.78, 5) is 38.6. The van der Waals surface area contributed by atoms with E-state index in [0.29, 0.717) is 16.8 Å². The van der Waals surface area contributed by atoms with Crippen LogP contribution in [0.4, 0.5) is 10.5 Å². The van der Waals surface area contributed by atoms with Crippen molar-refractivity contribution in [1.82, 2.24) is 5.32 Å². The zero-order valence-electron chi connectivity index (χ0n) is 14.9. The minimum Gasteiger partial charge on any atom is -0.479 e. The van der Waals surface area contributed by atoms with E-state index >= 15 is 0 Å². The number of carbonyl (C=O) groups is 3. The van der Waals surface area contributed by atoms with E-state index in [4.69, 9.17) is 0 Å². The smallest absolute Gasteiger partial charge is 0.330 e. The summed E-state index contributed by atoms with van der Waals surface area (Å²) < 4.78 is 0. The van der Waals surface area contributed by atoms with E-state index in [1.807, 2.05) is 0 Å². The molecule has 3 aromatic carbocycles. The summed E-state index contributed by atoms with van der Waals surface area (Å²) in [5.41, 5.74) is 1.06. The highest BCUT2D eigenvalue weighted by atomic mass is 16.4. The van der Waals surface area contributed by atoms with Gasteiger partial charge in [-0.1, -0.05) is 66.7 Å². The molecule has 0 radical (unpaired) electrons. The summed E-state index contributed by atoms with van der Waals surface area (Å²) >= 11 is 0. The molecule has 0 fully saturated rings. The number of nitrogens with one attached hydrogen (secondary N) is 1. The molecule has 0 heterocycles. The maximum Gasteiger partial charge on any atom is 0.330 e. The van der Waals surface area contributed by atoms with Gasteiger partial charge in [-0.2, -0.15) is 0 Å². The van der Waals surface area contributed by atoms with Gasteiger partial charge in [-0.25, -0.2) is 14.5 Å². The normalized spacial score (nSPS) is 11.3. The molecule has 3 amide bonds. The molecule has 3 aromatic rings. The van der Waals surface area contributed by atoms with Gasteiger partial charge in [0.05, 0.1) is 5.69 Å². The van der Waals surface area contributed by atoms with Crippen molar-refractivity contribution in [2.75, 3.05) is 4.90 Å². The molecule has 28 heavy (non-hydrogen) atoms. The largest absolute Gasteiger partial charge is 0.479 e. The lowest BCUT2D eigenvalue weighted by molar-refractivity contribution is -0.139. The molecule has 0 aliphatic heterocycles. The third kappa shape index (κ3) is 4.24. The van der Waals surface area contributed by atoms with Crippen molar-refractivity contribution >= 4 is 23.6 Å². The number of para-hydroxylation sites is 1. The Morgan fingerprint density at radius 2 is 1.25 bits per heavy atom. The van der Waals surface area contributed by atoms with Crippen LogP contribution < -0.4 is 10.2 Å². The molecule has 2 N–H and O–H groups in total. The van der Waals surface area contributed by atoms with Crippen LogP contribution in [0.15, 0.2) is 91.0 Å². The van der Waals surface area contributed by atoms with Crippen LogP contribution in [-0.4, -0.2) is 23.0 Å². The number of benzene rings is 3. The zero-order valence-corrected chi connectivity index (χ0v) is 14.9. The zero-order chi connectivity index (χ0) is 19.9. The van der Waals surface area contributed by atoms with Gasteiger partial charge in [0.1, 0.15) is 0 Å². The Kier molecular flexibility index (Phi) is 5.81. The van der Waals surface area contributed by atoms with Crippen molar-refractivity contribution in [3.8, 4) is 0 Å². The molecule has 0 saturated carbocycles. The first kappa shape index (κ1) is 18.8. The number of rotatable bonds is 5. The number of carboxylic acid groups (broad SMARTS) is 1. The second-order valence-electron chi connectivity index (χ2n) is 5.97.